The third-order valence-corrected chi connectivity index (χ3v) is 7.12. The quantitative estimate of drug-likeness (QED) is 0.435. The van der Waals surface area contributed by atoms with E-state index in [0.717, 1.165) is 11.1 Å². The standard InChI is InChI=1S/C21H22ClN3O4S/c1-13-6-11-18(12-14(13)2)30(27,28)25(5)16-7-9-17(10-8-16)29-21(26)19-15(3)23-24(4)20(19)22/h6-12H,1-5H3. The fourth-order valence-corrected chi connectivity index (χ4v) is 4.45. The lowest BCUT2D eigenvalue weighted by Crippen LogP contribution is -2.26. The van der Waals surface area contributed by atoms with E-state index in [0.29, 0.717) is 11.4 Å². The molecule has 0 N–H and O–H groups in total. The van der Waals surface area contributed by atoms with Crippen LogP contribution < -0.4 is 9.04 Å². The highest BCUT2D eigenvalue weighted by molar-refractivity contribution is 7.92. The van der Waals surface area contributed by atoms with Gasteiger partial charge in [0.2, 0.25) is 0 Å². The Labute approximate surface area is 180 Å². The van der Waals surface area contributed by atoms with Gasteiger partial charge in [0.25, 0.3) is 10.0 Å². The molecule has 1 aromatic heterocycles. The average molecular weight is 448 g/mol. The zero-order valence-corrected chi connectivity index (χ0v) is 18.9. The van der Waals surface area contributed by atoms with Gasteiger partial charge in [-0.1, -0.05) is 17.7 Å². The summed E-state index contributed by atoms with van der Waals surface area (Å²) >= 11 is 6.10. The lowest BCUT2D eigenvalue weighted by Gasteiger charge is -2.20. The van der Waals surface area contributed by atoms with Crippen LogP contribution in [0.15, 0.2) is 47.4 Å². The summed E-state index contributed by atoms with van der Waals surface area (Å²) < 4.78 is 33.8. The Morgan fingerprint density at radius 2 is 1.70 bits per heavy atom. The SMILES string of the molecule is Cc1ccc(S(=O)(=O)N(C)c2ccc(OC(=O)c3c(C)nn(C)c3Cl)cc2)cc1C. The molecule has 0 bridgehead atoms. The van der Waals surface area contributed by atoms with E-state index in [4.69, 9.17) is 16.3 Å². The van der Waals surface area contributed by atoms with Gasteiger partial charge in [-0.25, -0.2) is 13.2 Å². The van der Waals surface area contributed by atoms with Crippen LogP contribution in [0, 0.1) is 20.8 Å². The van der Waals surface area contributed by atoms with Gasteiger partial charge < -0.3 is 4.74 Å². The summed E-state index contributed by atoms with van der Waals surface area (Å²) in [6, 6.07) is 11.2. The molecule has 9 heteroatoms. The highest BCUT2D eigenvalue weighted by Crippen LogP contribution is 2.27. The number of carbonyl (C=O) groups excluding carboxylic acids is 1. The number of anilines is 1. The van der Waals surface area contributed by atoms with Crippen molar-refractivity contribution in [1.82, 2.24) is 9.78 Å². The molecule has 0 unspecified atom stereocenters. The molecule has 0 aliphatic carbocycles. The number of benzene rings is 2. The zero-order chi connectivity index (χ0) is 22.2. The molecule has 0 aliphatic rings. The van der Waals surface area contributed by atoms with Crippen molar-refractivity contribution < 1.29 is 17.9 Å². The number of aromatic nitrogens is 2. The summed E-state index contributed by atoms with van der Waals surface area (Å²) in [5, 5.41) is 4.28. The third kappa shape index (κ3) is 4.06. The first-order valence-electron chi connectivity index (χ1n) is 9.10. The maximum atomic E-state index is 12.9. The monoisotopic (exact) mass is 447 g/mol. The third-order valence-electron chi connectivity index (χ3n) is 4.90. The molecule has 0 fully saturated rings. The first-order valence-corrected chi connectivity index (χ1v) is 10.9. The predicted molar refractivity (Wildman–Crippen MR) is 116 cm³/mol. The predicted octanol–water partition coefficient (Wildman–Crippen LogP) is 4.04. The number of hydrogen-bond donors (Lipinski definition) is 0. The average Bonchev–Trinajstić information content (AvgIpc) is 2.95. The van der Waals surface area contributed by atoms with Gasteiger partial charge >= 0.3 is 5.97 Å². The Balaban J connectivity index is 1.81. The van der Waals surface area contributed by atoms with E-state index in [1.54, 1.807) is 44.3 Å². The van der Waals surface area contributed by atoms with Gasteiger partial charge in [0.1, 0.15) is 16.5 Å². The van der Waals surface area contributed by atoms with Crippen molar-refractivity contribution in [3.05, 3.63) is 70.0 Å². The lowest BCUT2D eigenvalue weighted by molar-refractivity contribution is 0.0734. The number of esters is 1. The summed E-state index contributed by atoms with van der Waals surface area (Å²) in [6.45, 7) is 5.46. The van der Waals surface area contributed by atoms with Gasteiger partial charge in [-0.15, -0.1) is 0 Å². The van der Waals surface area contributed by atoms with Crippen LogP contribution in [0.25, 0.3) is 0 Å². The van der Waals surface area contributed by atoms with E-state index in [1.165, 1.54) is 28.2 Å². The molecule has 3 rings (SSSR count). The van der Waals surface area contributed by atoms with Gasteiger partial charge in [0.05, 0.1) is 16.3 Å². The largest absolute Gasteiger partial charge is 0.423 e. The van der Waals surface area contributed by atoms with Gasteiger partial charge in [-0.05, 0) is 68.3 Å². The summed E-state index contributed by atoms with van der Waals surface area (Å²) in [4.78, 5) is 12.6. The Hall–Kier alpha value is -2.84. The minimum absolute atomic E-state index is 0.188. The van der Waals surface area contributed by atoms with Crippen LogP contribution >= 0.6 is 11.6 Å². The van der Waals surface area contributed by atoms with E-state index in [2.05, 4.69) is 5.10 Å². The molecule has 3 aromatic rings. The molecule has 0 atom stereocenters. The molecule has 0 radical (unpaired) electrons. The molecule has 1 heterocycles. The van der Waals surface area contributed by atoms with Crippen LogP contribution in [0.2, 0.25) is 5.15 Å². The van der Waals surface area contributed by atoms with Crippen LogP contribution in [-0.2, 0) is 17.1 Å². The minimum Gasteiger partial charge on any atom is -0.423 e. The molecular formula is C21H22ClN3O4S. The van der Waals surface area contributed by atoms with Crippen LogP contribution in [0.4, 0.5) is 5.69 Å². The van der Waals surface area contributed by atoms with E-state index in [1.807, 2.05) is 13.8 Å². The Kier molecular flexibility index (Phi) is 5.92. The van der Waals surface area contributed by atoms with Crippen molar-refractivity contribution in [2.24, 2.45) is 7.05 Å². The van der Waals surface area contributed by atoms with E-state index in [9.17, 15) is 13.2 Å². The van der Waals surface area contributed by atoms with Gasteiger partial charge in [0.15, 0.2) is 0 Å². The maximum Gasteiger partial charge on any atom is 0.348 e. The van der Waals surface area contributed by atoms with Crippen molar-refractivity contribution in [1.29, 1.82) is 0 Å². The molecule has 0 saturated heterocycles. The highest BCUT2D eigenvalue weighted by Gasteiger charge is 2.23. The van der Waals surface area contributed by atoms with E-state index < -0.39 is 16.0 Å². The van der Waals surface area contributed by atoms with Crippen LogP contribution in [0.5, 0.6) is 5.75 Å². The molecule has 0 saturated carbocycles. The number of sulfonamides is 1. The number of ether oxygens (including phenoxy) is 1. The summed E-state index contributed by atoms with van der Waals surface area (Å²) in [6.07, 6.45) is 0. The van der Waals surface area contributed by atoms with Gasteiger partial charge in [-0.3, -0.25) is 8.99 Å². The first-order chi connectivity index (χ1) is 14.0. The molecule has 2 aromatic carbocycles. The number of nitrogens with zero attached hydrogens (tertiary/aromatic N) is 3. The molecule has 0 spiro atoms. The fraction of sp³-hybridized carbons (Fsp3) is 0.238. The van der Waals surface area contributed by atoms with Crippen LogP contribution in [0.1, 0.15) is 27.2 Å². The summed E-state index contributed by atoms with van der Waals surface area (Å²) in [5.74, 6) is -0.366. The second kappa shape index (κ2) is 8.12. The summed E-state index contributed by atoms with van der Waals surface area (Å²) in [7, 11) is -0.613. The lowest BCUT2D eigenvalue weighted by atomic mass is 10.1. The Bertz CT molecular complexity index is 1220. The highest BCUT2D eigenvalue weighted by atomic mass is 35.5. The van der Waals surface area contributed by atoms with Crippen molar-refractivity contribution in [2.75, 3.05) is 11.4 Å². The van der Waals surface area contributed by atoms with Crippen LogP contribution in [-0.4, -0.2) is 31.2 Å². The number of hydrogen-bond acceptors (Lipinski definition) is 5. The van der Waals surface area contributed by atoms with E-state index in [-0.39, 0.29) is 21.4 Å². The van der Waals surface area contributed by atoms with Crippen molar-refractivity contribution in [3.63, 3.8) is 0 Å². The molecule has 7 nitrogen and oxygen atoms in total. The van der Waals surface area contributed by atoms with Crippen LogP contribution in [0.3, 0.4) is 0 Å². The van der Waals surface area contributed by atoms with Crippen molar-refractivity contribution >= 4 is 33.3 Å². The molecular weight excluding hydrogens is 426 g/mol. The number of rotatable bonds is 5. The first kappa shape index (κ1) is 21.9. The molecule has 0 amide bonds. The second-order valence-electron chi connectivity index (χ2n) is 6.98. The maximum absolute atomic E-state index is 12.9. The zero-order valence-electron chi connectivity index (χ0n) is 17.3. The van der Waals surface area contributed by atoms with Crippen molar-refractivity contribution in [2.45, 2.75) is 25.7 Å². The van der Waals surface area contributed by atoms with E-state index >= 15 is 0 Å². The normalized spacial score (nSPS) is 11.4. The minimum atomic E-state index is -3.72. The van der Waals surface area contributed by atoms with Crippen molar-refractivity contribution in [3.8, 4) is 5.75 Å². The smallest absolute Gasteiger partial charge is 0.348 e. The molecule has 158 valence electrons. The fourth-order valence-electron chi connectivity index (χ4n) is 2.92. The summed E-state index contributed by atoms with van der Waals surface area (Å²) in [5.41, 5.74) is 3.01. The molecule has 0 aliphatic heterocycles. The van der Waals surface area contributed by atoms with Gasteiger partial charge in [-0.2, -0.15) is 5.10 Å². The Morgan fingerprint density at radius 1 is 1.07 bits per heavy atom. The number of aryl methyl sites for hydroxylation is 4. The topological polar surface area (TPSA) is 81.5 Å². The Morgan fingerprint density at radius 3 is 2.23 bits per heavy atom. The van der Waals surface area contributed by atoms with Gasteiger partial charge in [0, 0.05) is 14.1 Å². The number of carbonyl (C=O) groups is 1. The number of halogens is 1. The molecule has 30 heavy (non-hydrogen) atoms. The second-order valence-corrected chi connectivity index (χ2v) is 9.30.